The SMILES string of the molecule is Cc1c(Oc2ccnc3cc(-n4cc(F)cn4)ccc23)cccc1C(=O)NCc1ccncc1. The van der Waals surface area contributed by atoms with E-state index in [1.807, 2.05) is 43.3 Å². The fraction of sp³-hybridized carbons (Fsp3) is 0.0769. The Morgan fingerprint density at radius 2 is 1.91 bits per heavy atom. The minimum Gasteiger partial charge on any atom is -0.456 e. The van der Waals surface area contributed by atoms with Crippen LogP contribution >= 0.6 is 0 Å². The molecule has 5 rings (SSSR count). The number of aromatic nitrogens is 4. The van der Waals surface area contributed by atoms with Crippen molar-refractivity contribution in [2.75, 3.05) is 0 Å². The molecule has 8 heteroatoms. The van der Waals surface area contributed by atoms with E-state index in [1.54, 1.807) is 36.8 Å². The zero-order valence-electron chi connectivity index (χ0n) is 18.3. The molecule has 1 amide bonds. The van der Waals surface area contributed by atoms with Gasteiger partial charge in [-0.1, -0.05) is 6.07 Å². The molecule has 0 saturated carbocycles. The Balaban J connectivity index is 1.39. The molecule has 0 atom stereocenters. The van der Waals surface area contributed by atoms with Gasteiger partial charge >= 0.3 is 0 Å². The van der Waals surface area contributed by atoms with E-state index in [2.05, 4.69) is 20.4 Å². The molecule has 0 spiro atoms. The number of carbonyl (C=O) groups excluding carboxylic acids is 1. The molecule has 0 radical (unpaired) electrons. The standard InChI is InChI=1S/C26H20FN5O2/c1-17-21(26(33)30-14-18-7-10-28-11-8-18)3-2-4-24(17)34-25-9-12-29-23-13-20(5-6-22(23)25)32-16-19(27)15-31-32/h2-13,15-16H,14H2,1H3,(H,30,33). The minimum atomic E-state index is -0.412. The van der Waals surface area contributed by atoms with Gasteiger partial charge in [-0.2, -0.15) is 5.10 Å². The van der Waals surface area contributed by atoms with Crippen LogP contribution in [0.5, 0.6) is 11.5 Å². The van der Waals surface area contributed by atoms with Crippen LogP contribution in [0, 0.1) is 12.7 Å². The van der Waals surface area contributed by atoms with E-state index < -0.39 is 5.82 Å². The van der Waals surface area contributed by atoms with E-state index in [1.165, 1.54) is 10.9 Å². The number of carbonyl (C=O) groups is 1. The van der Waals surface area contributed by atoms with Crippen LogP contribution in [0.15, 0.2) is 85.6 Å². The smallest absolute Gasteiger partial charge is 0.251 e. The van der Waals surface area contributed by atoms with Crippen molar-refractivity contribution < 1.29 is 13.9 Å². The third kappa shape index (κ3) is 4.33. The third-order valence-electron chi connectivity index (χ3n) is 5.45. The third-order valence-corrected chi connectivity index (χ3v) is 5.45. The Hall–Kier alpha value is -4.59. The molecule has 3 heterocycles. The van der Waals surface area contributed by atoms with Crippen LogP contribution in [-0.4, -0.2) is 25.7 Å². The number of halogens is 1. The number of ether oxygens (including phenoxy) is 1. The molecule has 0 bridgehead atoms. The lowest BCUT2D eigenvalue weighted by Gasteiger charge is -2.14. The van der Waals surface area contributed by atoms with Crippen LogP contribution in [-0.2, 0) is 6.54 Å². The molecule has 0 aliphatic rings. The van der Waals surface area contributed by atoms with Gasteiger partial charge in [0.1, 0.15) is 11.5 Å². The van der Waals surface area contributed by atoms with Gasteiger partial charge in [-0.15, -0.1) is 0 Å². The highest BCUT2D eigenvalue weighted by atomic mass is 19.1. The number of rotatable bonds is 6. The summed E-state index contributed by atoms with van der Waals surface area (Å²) in [5, 5.41) is 7.71. The summed E-state index contributed by atoms with van der Waals surface area (Å²) in [7, 11) is 0. The average Bonchev–Trinajstić information content (AvgIpc) is 3.30. The second-order valence-corrected chi connectivity index (χ2v) is 7.68. The maximum atomic E-state index is 13.3. The normalized spacial score (nSPS) is 10.9. The first-order chi connectivity index (χ1) is 16.6. The van der Waals surface area contributed by atoms with E-state index in [0.717, 1.165) is 22.7 Å². The number of benzene rings is 2. The maximum absolute atomic E-state index is 13.3. The Kier molecular flexibility index (Phi) is 5.70. The van der Waals surface area contributed by atoms with Gasteiger partial charge in [0.15, 0.2) is 5.82 Å². The number of pyridine rings is 2. The molecule has 0 aliphatic carbocycles. The fourth-order valence-electron chi connectivity index (χ4n) is 3.65. The zero-order chi connectivity index (χ0) is 23.5. The van der Waals surface area contributed by atoms with E-state index in [4.69, 9.17) is 4.74 Å². The van der Waals surface area contributed by atoms with Crippen molar-refractivity contribution in [1.29, 1.82) is 0 Å². The quantitative estimate of drug-likeness (QED) is 0.392. The average molecular weight is 453 g/mol. The Morgan fingerprint density at radius 3 is 2.71 bits per heavy atom. The van der Waals surface area contributed by atoms with Crippen LogP contribution in [0.4, 0.5) is 4.39 Å². The molecule has 0 unspecified atom stereocenters. The van der Waals surface area contributed by atoms with Crippen molar-refractivity contribution in [3.05, 3.63) is 108 Å². The predicted octanol–water partition coefficient (Wildman–Crippen LogP) is 4.99. The van der Waals surface area contributed by atoms with E-state index >= 15 is 0 Å². The highest BCUT2D eigenvalue weighted by molar-refractivity contribution is 5.96. The first-order valence-corrected chi connectivity index (χ1v) is 10.6. The number of nitrogens with one attached hydrogen (secondary N) is 1. The van der Waals surface area contributed by atoms with Crippen molar-refractivity contribution in [2.24, 2.45) is 0 Å². The van der Waals surface area contributed by atoms with Crippen molar-refractivity contribution in [3.8, 4) is 17.2 Å². The van der Waals surface area contributed by atoms with E-state index in [0.29, 0.717) is 34.8 Å². The predicted molar refractivity (Wildman–Crippen MR) is 125 cm³/mol. The summed E-state index contributed by atoms with van der Waals surface area (Å²) in [5.41, 5.74) is 3.59. The Bertz CT molecular complexity index is 1480. The molecule has 3 aromatic heterocycles. The Labute approximate surface area is 194 Å². The number of nitrogens with zero attached hydrogens (tertiary/aromatic N) is 4. The highest BCUT2D eigenvalue weighted by Crippen LogP contribution is 2.32. The molecular weight excluding hydrogens is 433 g/mol. The number of hydrogen-bond acceptors (Lipinski definition) is 5. The number of fused-ring (bicyclic) bond motifs is 1. The topological polar surface area (TPSA) is 81.9 Å². The van der Waals surface area contributed by atoms with Crippen LogP contribution in [0.25, 0.3) is 16.6 Å². The Morgan fingerprint density at radius 1 is 1.06 bits per heavy atom. The summed E-state index contributed by atoms with van der Waals surface area (Å²) in [6.07, 6.45) is 7.48. The van der Waals surface area contributed by atoms with Gasteiger partial charge < -0.3 is 10.1 Å². The van der Waals surface area contributed by atoms with Gasteiger partial charge in [0, 0.05) is 41.6 Å². The molecule has 0 saturated heterocycles. The van der Waals surface area contributed by atoms with Crippen molar-refractivity contribution in [3.63, 3.8) is 0 Å². The largest absolute Gasteiger partial charge is 0.456 e. The van der Waals surface area contributed by atoms with Crippen molar-refractivity contribution in [2.45, 2.75) is 13.5 Å². The lowest BCUT2D eigenvalue weighted by Crippen LogP contribution is -2.23. The summed E-state index contributed by atoms with van der Waals surface area (Å²) in [6.45, 7) is 2.26. The maximum Gasteiger partial charge on any atom is 0.251 e. The number of amides is 1. The highest BCUT2D eigenvalue weighted by Gasteiger charge is 2.14. The number of hydrogen-bond donors (Lipinski definition) is 1. The summed E-state index contributed by atoms with van der Waals surface area (Å²) in [4.78, 5) is 21.2. The summed E-state index contributed by atoms with van der Waals surface area (Å²) < 4.78 is 21.0. The van der Waals surface area contributed by atoms with Crippen LogP contribution in [0.3, 0.4) is 0 Å². The monoisotopic (exact) mass is 453 g/mol. The fourth-order valence-corrected chi connectivity index (χ4v) is 3.65. The van der Waals surface area contributed by atoms with Gasteiger partial charge in [-0.05, 0) is 61.0 Å². The first-order valence-electron chi connectivity index (χ1n) is 10.6. The van der Waals surface area contributed by atoms with E-state index in [-0.39, 0.29) is 5.91 Å². The van der Waals surface area contributed by atoms with Crippen molar-refractivity contribution >= 4 is 16.8 Å². The van der Waals surface area contributed by atoms with Gasteiger partial charge in [-0.3, -0.25) is 14.8 Å². The molecule has 5 aromatic rings. The summed E-state index contributed by atoms with van der Waals surface area (Å²) >= 11 is 0. The van der Waals surface area contributed by atoms with Gasteiger partial charge in [0.25, 0.3) is 5.91 Å². The molecule has 1 N–H and O–H groups in total. The van der Waals surface area contributed by atoms with Gasteiger partial charge in [-0.25, -0.2) is 9.07 Å². The molecule has 7 nitrogen and oxygen atoms in total. The minimum absolute atomic E-state index is 0.185. The van der Waals surface area contributed by atoms with Crippen LogP contribution in [0.1, 0.15) is 21.5 Å². The molecule has 2 aromatic carbocycles. The van der Waals surface area contributed by atoms with Gasteiger partial charge in [0.05, 0.1) is 23.6 Å². The second kappa shape index (κ2) is 9.11. The van der Waals surface area contributed by atoms with Crippen LogP contribution in [0.2, 0.25) is 0 Å². The molecular formula is C26H20FN5O2. The van der Waals surface area contributed by atoms with E-state index in [9.17, 15) is 9.18 Å². The van der Waals surface area contributed by atoms with Crippen LogP contribution < -0.4 is 10.1 Å². The lowest BCUT2D eigenvalue weighted by atomic mass is 10.1. The molecule has 168 valence electrons. The summed E-state index contributed by atoms with van der Waals surface area (Å²) in [5.74, 6) is 0.573. The zero-order valence-corrected chi connectivity index (χ0v) is 18.3. The second-order valence-electron chi connectivity index (χ2n) is 7.68. The van der Waals surface area contributed by atoms with Gasteiger partial charge in [0.2, 0.25) is 0 Å². The lowest BCUT2D eigenvalue weighted by molar-refractivity contribution is 0.0950. The molecule has 0 aliphatic heterocycles. The first kappa shape index (κ1) is 21.3. The summed E-state index contributed by atoms with van der Waals surface area (Å²) in [6, 6.07) is 16.3. The molecule has 0 fully saturated rings. The molecule has 34 heavy (non-hydrogen) atoms. The van der Waals surface area contributed by atoms with Crippen molar-refractivity contribution in [1.82, 2.24) is 25.1 Å².